The minimum absolute atomic E-state index is 0.117. The Morgan fingerprint density at radius 1 is 1.20 bits per heavy atom. The standard InChI is InChI=1S/C19H20N4O2/c24-13-14-9-10-22(12-14)19(25)21-16-5-7-17(8-6-16)23-18-4-2-1-3-15(18)11-20-23/h1-8,11,14,24H,9-10,12-13H2,(H,21,25). The Morgan fingerprint density at radius 3 is 2.76 bits per heavy atom. The number of likely N-dealkylation sites (tertiary alicyclic amines) is 1. The lowest BCUT2D eigenvalue weighted by Crippen LogP contribution is -2.33. The lowest BCUT2D eigenvalue weighted by atomic mass is 10.1. The van der Waals surface area contributed by atoms with Crippen molar-refractivity contribution in [3.05, 3.63) is 54.7 Å². The van der Waals surface area contributed by atoms with Crippen LogP contribution in [0.3, 0.4) is 0 Å². The topological polar surface area (TPSA) is 70.4 Å². The number of aliphatic hydroxyl groups is 1. The summed E-state index contributed by atoms with van der Waals surface area (Å²) in [5.74, 6) is 0.196. The van der Waals surface area contributed by atoms with E-state index in [0.717, 1.165) is 28.7 Å². The number of urea groups is 1. The van der Waals surface area contributed by atoms with Crippen molar-refractivity contribution in [2.75, 3.05) is 25.0 Å². The van der Waals surface area contributed by atoms with Gasteiger partial charge in [-0.25, -0.2) is 9.48 Å². The predicted octanol–water partition coefficient (Wildman–Crippen LogP) is 2.87. The number of aromatic nitrogens is 2. The van der Waals surface area contributed by atoms with Gasteiger partial charge in [-0.15, -0.1) is 0 Å². The van der Waals surface area contributed by atoms with Crippen molar-refractivity contribution in [3.8, 4) is 5.69 Å². The van der Waals surface area contributed by atoms with E-state index in [-0.39, 0.29) is 18.6 Å². The lowest BCUT2D eigenvalue weighted by molar-refractivity contribution is 0.209. The smallest absolute Gasteiger partial charge is 0.321 e. The number of nitrogens with one attached hydrogen (secondary N) is 1. The van der Waals surface area contributed by atoms with Gasteiger partial charge in [0.15, 0.2) is 0 Å². The molecule has 0 spiro atoms. The van der Waals surface area contributed by atoms with Crippen LogP contribution in [0, 0.1) is 5.92 Å². The normalized spacial score (nSPS) is 17.2. The van der Waals surface area contributed by atoms with Gasteiger partial charge in [-0.05, 0) is 36.8 Å². The van der Waals surface area contributed by atoms with E-state index in [1.807, 2.05) is 59.4 Å². The second kappa shape index (κ2) is 6.57. The first-order valence-corrected chi connectivity index (χ1v) is 8.44. The molecule has 0 aliphatic carbocycles. The van der Waals surface area contributed by atoms with E-state index in [2.05, 4.69) is 10.4 Å². The van der Waals surface area contributed by atoms with Crippen molar-refractivity contribution >= 4 is 22.6 Å². The molecule has 1 aliphatic rings. The van der Waals surface area contributed by atoms with E-state index in [0.29, 0.717) is 13.1 Å². The molecule has 4 rings (SSSR count). The van der Waals surface area contributed by atoms with Gasteiger partial charge in [0.25, 0.3) is 0 Å². The third kappa shape index (κ3) is 3.08. The molecule has 3 aromatic rings. The molecule has 2 aromatic carbocycles. The Morgan fingerprint density at radius 2 is 2.00 bits per heavy atom. The number of benzene rings is 2. The van der Waals surface area contributed by atoms with Crippen LogP contribution in [-0.4, -0.2) is 45.5 Å². The van der Waals surface area contributed by atoms with Gasteiger partial charge in [0.05, 0.1) is 17.4 Å². The molecule has 0 radical (unpaired) electrons. The summed E-state index contributed by atoms with van der Waals surface area (Å²) in [5, 5.41) is 17.6. The second-order valence-electron chi connectivity index (χ2n) is 6.38. The summed E-state index contributed by atoms with van der Waals surface area (Å²) >= 11 is 0. The van der Waals surface area contributed by atoms with Crippen molar-refractivity contribution in [3.63, 3.8) is 0 Å². The predicted molar refractivity (Wildman–Crippen MR) is 96.9 cm³/mol. The van der Waals surface area contributed by atoms with Gasteiger partial charge in [0.1, 0.15) is 0 Å². The summed E-state index contributed by atoms with van der Waals surface area (Å²) in [4.78, 5) is 14.0. The minimum Gasteiger partial charge on any atom is -0.396 e. The Labute approximate surface area is 145 Å². The van der Waals surface area contributed by atoms with Gasteiger partial charge < -0.3 is 15.3 Å². The Kier molecular flexibility index (Phi) is 4.11. The molecule has 0 bridgehead atoms. The molecule has 2 amide bonds. The molecule has 2 heterocycles. The molecule has 6 heteroatoms. The van der Waals surface area contributed by atoms with E-state index in [1.54, 1.807) is 4.90 Å². The van der Waals surface area contributed by atoms with Crippen LogP contribution in [0.25, 0.3) is 16.6 Å². The van der Waals surface area contributed by atoms with Crippen molar-refractivity contribution in [1.29, 1.82) is 0 Å². The number of amides is 2. The number of fused-ring (bicyclic) bond motifs is 1. The lowest BCUT2D eigenvalue weighted by Gasteiger charge is -2.17. The fourth-order valence-corrected chi connectivity index (χ4v) is 3.23. The molecule has 1 saturated heterocycles. The molecule has 6 nitrogen and oxygen atoms in total. The van der Waals surface area contributed by atoms with Gasteiger partial charge in [-0.1, -0.05) is 18.2 Å². The third-order valence-electron chi connectivity index (χ3n) is 4.67. The van der Waals surface area contributed by atoms with Gasteiger partial charge >= 0.3 is 6.03 Å². The number of hydrogen-bond donors (Lipinski definition) is 2. The molecule has 1 aromatic heterocycles. The van der Waals surface area contributed by atoms with Crippen LogP contribution >= 0.6 is 0 Å². The van der Waals surface area contributed by atoms with Gasteiger partial charge in [-0.2, -0.15) is 5.10 Å². The number of para-hydroxylation sites is 1. The number of anilines is 1. The molecule has 1 fully saturated rings. The number of rotatable bonds is 3. The summed E-state index contributed by atoms with van der Waals surface area (Å²) in [6.07, 6.45) is 2.70. The van der Waals surface area contributed by atoms with Crippen LogP contribution in [-0.2, 0) is 0 Å². The van der Waals surface area contributed by atoms with E-state index in [1.165, 1.54) is 0 Å². The Bertz CT molecular complexity index is 888. The molecule has 25 heavy (non-hydrogen) atoms. The first-order chi connectivity index (χ1) is 12.2. The van der Waals surface area contributed by atoms with Crippen LogP contribution in [0.5, 0.6) is 0 Å². The Balaban J connectivity index is 1.48. The number of nitrogens with zero attached hydrogens (tertiary/aromatic N) is 3. The van der Waals surface area contributed by atoms with E-state index in [9.17, 15) is 9.90 Å². The molecule has 1 unspecified atom stereocenters. The second-order valence-corrected chi connectivity index (χ2v) is 6.38. The molecular formula is C19H20N4O2. The fourth-order valence-electron chi connectivity index (χ4n) is 3.23. The molecule has 1 aliphatic heterocycles. The first-order valence-electron chi connectivity index (χ1n) is 8.44. The van der Waals surface area contributed by atoms with Crippen LogP contribution in [0.4, 0.5) is 10.5 Å². The highest BCUT2D eigenvalue weighted by Gasteiger charge is 2.25. The highest BCUT2D eigenvalue weighted by Crippen LogP contribution is 2.21. The number of carbonyl (C=O) groups is 1. The zero-order chi connectivity index (χ0) is 17.2. The zero-order valence-electron chi connectivity index (χ0n) is 13.8. The largest absolute Gasteiger partial charge is 0.396 e. The molecule has 0 saturated carbocycles. The third-order valence-corrected chi connectivity index (χ3v) is 4.67. The summed E-state index contributed by atoms with van der Waals surface area (Å²) in [5.41, 5.74) is 2.74. The quantitative estimate of drug-likeness (QED) is 0.773. The average Bonchev–Trinajstić information content (AvgIpc) is 3.29. The van der Waals surface area contributed by atoms with Gasteiger partial charge in [0.2, 0.25) is 0 Å². The number of hydrogen-bond acceptors (Lipinski definition) is 3. The highest BCUT2D eigenvalue weighted by atomic mass is 16.3. The van der Waals surface area contributed by atoms with Crippen LogP contribution in [0.2, 0.25) is 0 Å². The van der Waals surface area contributed by atoms with Crippen LogP contribution < -0.4 is 5.32 Å². The van der Waals surface area contributed by atoms with Gasteiger partial charge in [-0.3, -0.25) is 0 Å². The van der Waals surface area contributed by atoms with E-state index < -0.39 is 0 Å². The highest BCUT2D eigenvalue weighted by molar-refractivity contribution is 5.89. The van der Waals surface area contributed by atoms with E-state index in [4.69, 9.17) is 0 Å². The van der Waals surface area contributed by atoms with Crippen LogP contribution in [0.1, 0.15) is 6.42 Å². The number of aliphatic hydroxyl groups excluding tert-OH is 1. The monoisotopic (exact) mass is 336 g/mol. The SMILES string of the molecule is O=C(Nc1ccc(-n2ncc3ccccc32)cc1)N1CCC(CO)C1. The number of carbonyl (C=O) groups excluding carboxylic acids is 1. The van der Waals surface area contributed by atoms with E-state index >= 15 is 0 Å². The van der Waals surface area contributed by atoms with Crippen molar-refractivity contribution < 1.29 is 9.90 Å². The average molecular weight is 336 g/mol. The maximum Gasteiger partial charge on any atom is 0.321 e. The summed E-state index contributed by atoms with van der Waals surface area (Å²) in [6.45, 7) is 1.43. The summed E-state index contributed by atoms with van der Waals surface area (Å²) in [6, 6.07) is 15.6. The fraction of sp³-hybridized carbons (Fsp3) is 0.263. The maximum atomic E-state index is 12.3. The summed E-state index contributed by atoms with van der Waals surface area (Å²) < 4.78 is 1.88. The van der Waals surface area contributed by atoms with Gasteiger partial charge in [0, 0.05) is 36.7 Å². The Hall–Kier alpha value is -2.86. The minimum atomic E-state index is -0.117. The zero-order valence-corrected chi connectivity index (χ0v) is 13.8. The molecule has 2 N–H and O–H groups in total. The first kappa shape index (κ1) is 15.7. The summed E-state index contributed by atoms with van der Waals surface area (Å²) in [7, 11) is 0. The molecule has 1 atom stereocenters. The van der Waals surface area contributed by atoms with Crippen LogP contribution in [0.15, 0.2) is 54.7 Å². The maximum absolute atomic E-state index is 12.3. The molecular weight excluding hydrogens is 316 g/mol. The van der Waals surface area contributed by atoms with Crippen molar-refractivity contribution in [2.24, 2.45) is 5.92 Å². The molecule has 128 valence electrons. The van der Waals surface area contributed by atoms with Crippen molar-refractivity contribution in [2.45, 2.75) is 6.42 Å². The van der Waals surface area contributed by atoms with Crippen molar-refractivity contribution in [1.82, 2.24) is 14.7 Å².